The number of aryl methyl sites for hydroxylation is 1. The largest absolute Gasteiger partial charge is 0.396 e. The van der Waals surface area contributed by atoms with E-state index in [1.807, 2.05) is 36.1 Å². The second-order valence-electron chi connectivity index (χ2n) is 6.10. The molecule has 0 aliphatic heterocycles. The van der Waals surface area contributed by atoms with Crippen LogP contribution in [0.5, 0.6) is 0 Å². The highest BCUT2D eigenvalue weighted by Crippen LogP contribution is 2.29. The number of aromatic nitrogens is 1. The van der Waals surface area contributed by atoms with Gasteiger partial charge in [-0.2, -0.15) is 0 Å². The van der Waals surface area contributed by atoms with Crippen LogP contribution in [0.4, 0.5) is 0 Å². The molecule has 1 N–H and O–H groups in total. The molecule has 5 nitrogen and oxygen atoms in total. The van der Waals surface area contributed by atoms with E-state index in [9.17, 15) is 4.79 Å². The van der Waals surface area contributed by atoms with Crippen molar-refractivity contribution in [1.82, 2.24) is 10.1 Å². The summed E-state index contributed by atoms with van der Waals surface area (Å²) in [5, 5.41) is 12.9. The lowest BCUT2D eigenvalue weighted by molar-refractivity contribution is 0.0695. The van der Waals surface area contributed by atoms with Crippen LogP contribution in [0.3, 0.4) is 0 Å². The Balaban J connectivity index is 1.72. The fourth-order valence-corrected chi connectivity index (χ4v) is 2.61. The fourth-order valence-electron chi connectivity index (χ4n) is 2.61. The molecule has 0 atom stereocenters. The van der Waals surface area contributed by atoms with Gasteiger partial charge in [0.2, 0.25) is 5.76 Å². The molecule has 23 heavy (non-hydrogen) atoms. The van der Waals surface area contributed by atoms with E-state index in [1.165, 1.54) is 5.56 Å². The van der Waals surface area contributed by atoms with E-state index in [2.05, 4.69) is 5.16 Å². The van der Waals surface area contributed by atoms with E-state index in [4.69, 9.17) is 9.63 Å². The highest BCUT2D eigenvalue weighted by Gasteiger charge is 2.34. The Hall–Kier alpha value is -2.14. The number of benzene rings is 1. The van der Waals surface area contributed by atoms with Gasteiger partial charge in [0.1, 0.15) is 5.69 Å². The maximum atomic E-state index is 12.6. The predicted octanol–water partition coefficient (Wildman–Crippen LogP) is 3.03. The topological polar surface area (TPSA) is 66.6 Å². The molecule has 1 aromatic heterocycles. The Bertz CT molecular complexity index is 659. The van der Waals surface area contributed by atoms with Crippen molar-refractivity contribution in [3.8, 4) is 11.3 Å². The van der Waals surface area contributed by atoms with Crippen LogP contribution in [0.1, 0.15) is 41.8 Å². The molecule has 0 saturated heterocycles. The molecule has 0 spiro atoms. The molecule has 1 saturated carbocycles. The predicted molar refractivity (Wildman–Crippen MR) is 87.1 cm³/mol. The first kappa shape index (κ1) is 15.7. The van der Waals surface area contributed by atoms with Crippen molar-refractivity contribution < 1.29 is 14.4 Å². The minimum Gasteiger partial charge on any atom is -0.396 e. The van der Waals surface area contributed by atoms with E-state index in [0.29, 0.717) is 24.7 Å². The zero-order chi connectivity index (χ0) is 16.2. The summed E-state index contributed by atoms with van der Waals surface area (Å²) in [5.41, 5.74) is 2.80. The van der Waals surface area contributed by atoms with E-state index in [0.717, 1.165) is 24.8 Å². The summed E-state index contributed by atoms with van der Waals surface area (Å²) in [6, 6.07) is 10.00. The third-order valence-electron chi connectivity index (χ3n) is 4.12. The number of unbranched alkanes of at least 4 members (excludes halogenated alkanes) is 1. The van der Waals surface area contributed by atoms with Gasteiger partial charge < -0.3 is 14.5 Å². The van der Waals surface area contributed by atoms with Crippen LogP contribution >= 0.6 is 0 Å². The summed E-state index contributed by atoms with van der Waals surface area (Å²) in [6.07, 6.45) is 3.60. The number of amides is 1. The third kappa shape index (κ3) is 3.79. The Morgan fingerprint density at radius 3 is 2.70 bits per heavy atom. The van der Waals surface area contributed by atoms with Crippen molar-refractivity contribution in [3.05, 3.63) is 41.7 Å². The number of aliphatic hydroxyl groups excluding tert-OH is 1. The van der Waals surface area contributed by atoms with Crippen LogP contribution in [0, 0.1) is 6.92 Å². The number of carbonyl (C=O) groups excluding carboxylic acids is 1. The van der Waals surface area contributed by atoms with Crippen LogP contribution in [0.25, 0.3) is 11.3 Å². The van der Waals surface area contributed by atoms with E-state index in [-0.39, 0.29) is 18.3 Å². The number of hydrogen-bond acceptors (Lipinski definition) is 4. The molecule has 5 heteroatoms. The molecule has 0 bridgehead atoms. The number of rotatable bonds is 7. The highest BCUT2D eigenvalue weighted by molar-refractivity contribution is 5.92. The number of carbonyl (C=O) groups is 1. The average molecular weight is 314 g/mol. The Kier molecular flexibility index (Phi) is 4.76. The van der Waals surface area contributed by atoms with Crippen molar-refractivity contribution >= 4 is 5.91 Å². The maximum Gasteiger partial charge on any atom is 0.292 e. The lowest BCUT2D eigenvalue weighted by atomic mass is 10.1. The summed E-state index contributed by atoms with van der Waals surface area (Å²) in [4.78, 5) is 14.5. The Morgan fingerprint density at radius 1 is 1.30 bits per heavy atom. The van der Waals surface area contributed by atoms with Crippen molar-refractivity contribution in [2.75, 3.05) is 13.2 Å². The second kappa shape index (κ2) is 6.96. The lowest BCUT2D eigenvalue weighted by Crippen LogP contribution is -2.33. The van der Waals surface area contributed by atoms with Crippen molar-refractivity contribution in [1.29, 1.82) is 0 Å². The maximum absolute atomic E-state index is 12.6. The van der Waals surface area contributed by atoms with Crippen LogP contribution in [-0.2, 0) is 0 Å². The zero-order valence-corrected chi connectivity index (χ0v) is 13.4. The van der Waals surface area contributed by atoms with Gasteiger partial charge in [0, 0.05) is 30.8 Å². The molecule has 1 fully saturated rings. The zero-order valence-electron chi connectivity index (χ0n) is 13.4. The van der Waals surface area contributed by atoms with E-state index >= 15 is 0 Å². The van der Waals surface area contributed by atoms with Gasteiger partial charge >= 0.3 is 0 Å². The van der Waals surface area contributed by atoms with E-state index < -0.39 is 0 Å². The molecule has 1 aromatic carbocycles. The summed E-state index contributed by atoms with van der Waals surface area (Å²) in [5.74, 6) is 0.188. The standard InChI is InChI=1S/C18H22N2O3/c1-13-4-6-14(7-5-13)16-12-17(23-19-16)18(22)20(15-8-9-15)10-2-3-11-21/h4-7,12,15,21H,2-3,8-11H2,1H3. The molecule has 1 aliphatic rings. The number of aliphatic hydroxyl groups is 1. The molecule has 1 aliphatic carbocycles. The summed E-state index contributed by atoms with van der Waals surface area (Å²) in [6.45, 7) is 2.85. The van der Waals surface area contributed by atoms with Gasteiger partial charge in [-0.1, -0.05) is 35.0 Å². The molecule has 0 radical (unpaired) electrons. The van der Waals surface area contributed by atoms with Gasteiger partial charge in [-0.15, -0.1) is 0 Å². The molecular weight excluding hydrogens is 292 g/mol. The second-order valence-corrected chi connectivity index (χ2v) is 6.10. The molecule has 1 heterocycles. The minimum absolute atomic E-state index is 0.101. The van der Waals surface area contributed by atoms with Gasteiger partial charge in [-0.3, -0.25) is 4.79 Å². The minimum atomic E-state index is -0.101. The van der Waals surface area contributed by atoms with Gasteiger partial charge in [-0.25, -0.2) is 0 Å². The van der Waals surface area contributed by atoms with E-state index in [1.54, 1.807) is 6.07 Å². The monoisotopic (exact) mass is 314 g/mol. The molecule has 0 unspecified atom stereocenters. The van der Waals surface area contributed by atoms with Gasteiger partial charge in [0.25, 0.3) is 5.91 Å². The number of hydrogen-bond donors (Lipinski definition) is 1. The van der Waals surface area contributed by atoms with Crippen LogP contribution in [0.2, 0.25) is 0 Å². The summed E-state index contributed by atoms with van der Waals surface area (Å²) >= 11 is 0. The molecule has 1 amide bonds. The summed E-state index contributed by atoms with van der Waals surface area (Å²) in [7, 11) is 0. The van der Waals surface area contributed by atoms with Crippen LogP contribution in [-0.4, -0.2) is 40.3 Å². The quantitative estimate of drug-likeness (QED) is 0.798. The Morgan fingerprint density at radius 2 is 2.04 bits per heavy atom. The fraction of sp³-hybridized carbons (Fsp3) is 0.444. The first-order valence-electron chi connectivity index (χ1n) is 8.14. The number of nitrogens with zero attached hydrogens (tertiary/aromatic N) is 2. The van der Waals surface area contributed by atoms with Gasteiger partial charge in [0.15, 0.2) is 0 Å². The van der Waals surface area contributed by atoms with Gasteiger partial charge in [0.05, 0.1) is 0 Å². The SMILES string of the molecule is Cc1ccc(-c2cc(C(=O)N(CCCCO)C3CC3)on2)cc1. The van der Waals surface area contributed by atoms with Crippen molar-refractivity contribution in [2.24, 2.45) is 0 Å². The first-order valence-corrected chi connectivity index (χ1v) is 8.14. The van der Waals surface area contributed by atoms with Crippen LogP contribution < -0.4 is 0 Å². The molecule has 2 aromatic rings. The molecule has 3 rings (SSSR count). The average Bonchev–Trinajstić information content (AvgIpc) is 3.27. The summed E-state index contributed by atoms with van der Waals surface area (Å²) < 4.78 is 5.29. The molecular formula is C18H22N2O3. The van der Waals surface area contributed by atoms with Crippen molar-refractivity contribution in [3.63, 3.8) is 0 Å². The first-order chi connectivity index (χ1) is 11.2. The smallest absolute Gasteiger partial charge is 0.292 e. The third-order valence-corrected chi connectivity index (χ3v) is 4.12. The molecule has 122 valence electrons. The van der Waals surface area contributed by atoms with Crippen LogP contribution in [0.15, 0.2) is 34.9 Å². The van der Waals surface area contributed by atoms with Crippen molar-refractivity contribution in [2.45, 2.75) is 38.6 Å². The Labute approximate surface area is 135 Å². The van der Waals surface area contributed by atoms with Gasteiger partial charge in [-0.05, 0) is 32.6 Å². The lowest BCUT2D eigenvalue weighted by Gasteiger charge is -2.20. The highest BCUT2D eigenvalue weighted by atomic mass is 16.5. The normalized spacial score (nSPS) is 14.0.